The molecule has 2 aromatic carbocycles. The van der Waals surface area contributed by atoms with E-state index >= 15 is 0 Å². The van der Waals surface area contributed by atoms with Crippen molar-refractivity contribution in [1.82, 2.24) is 4.90 Å². The van der Waals surface area contributed by atoms with Gasteiger partial charge in [-0.2, -0.15) is 0 Å². The van der Waals surface area contributed by atoms with Gasteiger partial charge in [-0.05, 0) is 30.3 Å². The molecule has 0 saturated carbocycles. The van der Waals surface area contributed by atoms with Crippen LogP contribution in [0.15, 0.2) is 42.5 Å². The molecule has 29 heavy (non-hydrogen) atoms. The number of carbonyl (C=O) groups excluding carboxylic acids is 2. The summed E-state index contributed by atoms with van der Waals surface area (Å²) in [5.74, 6) is 0.830. The van der Waals surface area contributed by atoms with Crippen molar-refractivity contribution in [3.8, 4) is 11.5 Å². The minimum Gasteiger partial charge on any atom is -0.497 e. The molecule has 0 aromatic heterocycles. The largest absolute Gasteiger partial charge is 0.497 e. The third kappa shape index (κ3) is 6.96. The Hall–Kier alpha value is -2.77. The molecule has 2 aromatic rings. The molecule has 2 N–H and O–H groups in total. The first kappa shape index (κ1) is 22.5. The summed E-state index contributed by atoms with van der Waals surface area (Å²) >= 11 is 5.97. The molecule has 0 fully saturated rings. The Balaban J connectivity index is 1.87. The first-order chi connectivity index (χ1) is 13.8. The van der Waals surface area contributed by atoms with Crippen LogP contribution in [0.25, 0.3) is 0 Å². The average molecular weight is 421 g/mol. The second-order valence-electron chi connectivity index (χ2n) is 6.80. The fraction of sp³-hybridized carbons (Fsp3) is 0.333. The van der Waals surface area contributed by atoms with E-state index in [1.165, 1.54) is 12.0 Å². The number of likely N-dealkylation sites (N-methyl/N-ethyl adjacent to an activating group) is 2. The molecule has 8 heteroatoms. The van der Waals surface area contributed by atoms with Gasteiger partial charge in [0.15, 0.2) is 6.54 Å². The van der Waals surface area contributed by atoms with Crippen LogP contribution in [0.1, 0.15) is 5.56 Å². The number of ether oxygens (including phenoxy) is 2. The van der Waals surface area contributed by atoms with Gasteiger partial charge in [-0.3, -0.25) is 9.59 Å². The number of nitrogens with zero attached hydrogens (tertiary/aromatic N) is 1. The van der Waals surface area contributed by atoms with E-state index in [4.69, 9.17) is 21.1 Å². The summed E-state index contributed by atoms with van der Waals surface area (Å²) < 4.78 is 10.4. The van der Waals surface area contributed by atoms with Crippen LogP contribution in [0.3, 0.4) is 0 Å². The Bertz CT molecular complexity index is 860. The lowest BCUT2D eigenvalue weighted by Gasteiger charge is -2.20. The van der Waals surface area contributed by atoms with Crippen molar-refractivity contribution in [3.63, 3.8) is 0 Å². The van der Waals surface area contributed by atoms with Gasteiger partial charge in [0.2, 0.25) is 5.91 Å². The van der Waals surface area contributed by atoms with E-state index in [-0.39, 0.29) is 24.9 Å². The summed E-state index contributed by atoms with van der Waals surface area (Å²) in [7, 11) is 6.67. The van der Waals surface area contributed by atoms with Crippen molar-refractivity contribution >= 4 is 29.1 Å². The molecule has 0 aliphatic heterocycles. The number of hydrogen-bond donors (Lipinski definition) is 2. The minimum atomic E-state index is -0.327. The van der Waals surface area contributed by atoms with E-state index in [0.29, 0.717) is 23.0 Å². The molecule has 0 heterocycles. The first-order valence-corrected chi connectivity index (χ1v) is 9.51. The molecule has 0 bridgehead atoms. The summed E-state index contributed by atoms with van der Waals surface area (Å²) in [6, 6.07) is 12.7. The molecule has 156 valence electrons. The zero-order valence-corrected chi connectivity index (χ0v) is 17.9. The van der Waals surface area contributed by atoms with E-state index < -0.39 is 0 Å². The highest BCUT2D eigenvalue weighted by molar-refractivity contribution is 6.31. The third-order valence-electron chi connectivity index (χ3n) is 4.34. The van der Waals surface area contributed by atoms with Crippen LogP contribution in [0, 0.1) is 0 Å². The van der Waals surface area contributed by atoms with E-state index in [9.17, 15) is 9.59 Å². The zero-order valence-electron chi connectivity index (χ0n) is 17.1. The molecule has 2 amide bonds. The molecular formula is C21H27ClN3O4+. The first-order valence-electron chi connectivity index (χ1n) is 9.14. The van der Waals surface area contributed by atoms with Gasteiger partial charge in [-0.1, -0.05) is 23.7 Å². The number of amides is 2. The second-order valence-corrected chi connectivity index (χ2v) is 7.24. The number of rotatable bonds is 9. The fourth-order valence-electron chi connectivity index (χ4n) is 2.86. The lowest BCUT2D eigenvalue weighted by atomic mass is 10.2. The summed E-state index contributed by atoms with van der Waals surface area (Å²) in [6.45, 7) is 0.866. The molecule has 7 nitrogen and oxygen atoms in total. The maximum Gasteiger partial charge on any atom is 0.277 e. The minimum absolute atomic E-state index is 0.0685. The predicted octanol–water partition coefficient (Wildman–Crippen LogP) is 1.47. The van der Waals surface area contributed by atoms with E-state index in [0.717, 1.165) is 16.2 Å². The van der Waals surface area contributed by atoms with E-state index in [1.807, 2.05) is 31.3 Å². The van der Waals surface area contributed by atoms with Gasteiger partial charge in [-0.15, -0.1) is 0 Å². The normalized spacial score (nSPS) is 11.5. The molecule has 1 unspecified atom stereocenters. The van der Waals surface area contributed by atoms with Crippen molar-refractivity contribution < 1.29 is 24.0 Å². The zero-order chi connectivity index (χ0) is 21.4. The van der Waals surface area contributed by atoms with Crippen LogP contribution in [-0.4, -0.2) is 58.1 Å². The summed E-state index contributed by atoms with van der Waals surface area (Å²) in [5, 5.41) is 3.21. The van der Waals surface area contributed by atoms with Gasteiger partial charge in [0, 0.05) is 17.6 Å². The Morgan fingerprint density at radius 3 is 2.59 bits per heavy atom. The standard InChI is InChI=1S/C21H26ClN3O4/c1-24(12-15-6-5-7-17(10-15)28-3)14-21(27)25(2)13-20(26)23-18-11-16(22)8-9-19(18)29-4/h5-11H,12-14H2,1-4H3,(H,23,26)/p+1. The van der Waals surface area contributed by atoms with Gasteiger partial charge in [0.1, 0.15) is 18.0 Å². The number of halogens is 1. The van der Waals surface area contributed by atoms with Crippen LogP contribution >= 0.6 is 11.6 Å². The van der Waals surface area contributed by atoms with Gasteiger partial charge in [0.05, 0.1) is 33.5 Å². The summed E-state index contributed by atoms with van der Waals surface area (Å²) in [6.07, 6.45) is 0. The Morgan fingerprint density at radius 2 is 1.90 bits per heavy atom. The van der Waals surface area contributed by atoms with Gasteiger partial charge in [0.25, 0.3) is 5.91 Å². The van der Waals surface area contributed by atoms with Gasteiger partial charge >= 0.3 is 0 Å². The highest BCUT2D eigenvalue weighted by Gasteiger charge is 2.18. The molecular weight excluding hydrogens is 394 g/mol. The van der Waals surface area contributed by atoms with Crippen molar-refractivity contribution in [2.45, 2.75) is 6.54 Å². The summed E-state index contributed by atoms with van der Waals surface area (Å²) in [5.41, 5.74) is 1.54. The number of quaternary nitrogens is 1. The molecule has 0 radical (unpaired) electrons. The summed E-state index contributed by atoms with van der Waals surface area (Å²) in [4.78, 5) is 27.2. The Morgan fingerprint density at radius 1 is 1.14 bits per heavy atom. The van der Waals surface area contributed by atoms with Crippen molar-refractivity contribution in [2.75, 3.05) is 46.7 Å². The number of benzene rings is 2. The molecule has 2 rings (SSSR count). The molecule has 0 saturated heterocycles. The number of hydrogen-bond acceptors (Lipinski definition) is 4. The van der Waals surface area contributed by atoms with Crippen LogP contribution in [-0.2, 0) is 16.1 Å². The highest BCUT2D eigenvalue weighted by atomic mass is 35.5. The SMILES string of the molecule is COc1cccc(C[NH+](C)CC(=O)N(C)CC(=O)Nc2cc(Cl)ccc2OC)c1. The van der Waals surface area contributed by atoms with Crippen molar-refractivity contribution in [2.24, 2.45) is 0 Å². The third-order valence-corrected chi connectivity index (χ3v) is 4.57. The predicted molar refractivity (Wildman–Crippen MR) is 113 cm³/mol. The van der Waals surface area contributed by atoms with Gasteiger partial charge in [-0.25, -0.2) is 0 Å². The highest BCUT2D eigenvalue weighted by Crippen LogP contribution is 2.27. The van der Waals surface area contributed by atoms with Crippen LogP contribution in [0.2, 0.25) is 5.02 Å². The van der Waals surface area contributed by atoms with Crippen molar-refractivity contribution in [3.05, 3.63) is 53.1 Å². The number of nitrogens with one attached hydrogen (secondary N) is 2. The number of carbonyl (C=O) groups is 2. The fourth-order valence-corrected chi connectivity index (χ4v) is 3.03. The lowest BCUT2D eigenvalue weighted by molar-refractivity contribution is -0.885. The average Bonchev–Trinajstić information content (AvgIpc) is 2.68. The number of methoxy groups -OCH3 is 2. The monoisotopic (exact) mass is 420 g/mol. The molecule has 0 spiro atoms. The van der Waals surface area contributed by atoms with Gasteiger partial charge < -0.3 is 24.6 Å². The Labute approximate surface area is 176 Å². The van der Waals surface area contributed by atoms with Crippen LogP contribution in [0.5, 0.6) is 11.5 Å². The molecule has 0 aliphatic rings. The smallest absolute Gasteiger partial charge is 0.277 e. The quantitative estimate of drug-likeness (QED) is 0.644. The van der Waals surface area contributed by atoms with E-state index in [2.05, 4.69) is 5.32 Å². The van der Waals surface area contributed by atoms with Crippen molar-refractivity contribution in [1.29, 1.82) is 0 Å². The molecule has 0 aliphatic carbocycles. The maximum absolute atomic E-state index is 12.5. The topological polar surface area (TPSA) is 72.3 Å². The number of anilines is 1. The van der Waals surface area contributed by atoms with Crippen LogP contribution in [0.4, 0.5) is 5.69 Å². The molecule has 1 atom stereocenters. The lowest BCUT2D eigenvalue weighted by Crippen LogP contribution is -3.08. The second kappa shape index (κ2) is 10.7. The maximum atomic E-state index is 12.5. The Kier molecular flexibility index (Phi) is 8.30. The van der Waals surface area contributed by atoms with E-state index in [1.54, 1.807) is 32.4 Å². The van der Waals surface area contributed by atoms with Crippen LogP contribution < -0.4 is 19.7 Å².